The Hall–Kier alpha value is -1.88. The van der Waals surface area contributed by atoms with Gasteiger partial charge < -0.3 is 15.0 Å². The molecule has 1 unspecified atom stereocenters. The zero-order valence-corrected chi connectivity index (χ0v) is 17.9. The third-order valence-electron chi connectivity index (χ3n) is 8.11. The van der Waals surface area contributed by atoms with E-state index in [4.69, 9.17) is 4.74 Å². The molecule has 3 fully saturated rings. The predicted molar refractivity (Wildman–Crippen MR) is 115 cm³/mol. The monoisotopic (exact) mass is 410 g/mol. The summed E-state index contributed by atoms with van der Waals surface area (Å²) in [6.45, 7) is 3.11. The fourth-order valence-corrected chi connectivity index (χ4v) is 6.10. The van der Waals surface area contributed by atoms with Gasteiger partial charge in [-0.3, -0.25) is 9.59 Å². The summed E-state index contributed by atoms with van der Waals surface area (Å²) in [6, 6.07) is 9.15. The van der Waals surface area contributed by atoms with Crippen molar-refractivity contribution in [2.24, 2.45) is 5.92 Å². The van der Waals surface area contributed by atoms with Crippen molar-refractivity contribution in [2.75, 3.05) is 26.3 Å². The van der Waals surface area contributed by atoms with Crippen molar-refractivity contribution in [3.8, 4) is 0 Å². The summed E-state index contributed by atoms with van der Waals surface area (Å²) in [6.07, 6.45) is 8.90. The third kappa shape index (κ3) is 3.77. The molecule has 162 valence electrons. The van der Waals surface area contributed by atoms with Gasteiger partial charge in [0.15, 0.2) is 0 Å². The molecule has 2 saturated heterocycles. The molecular formula is C25H34N2O3. The molecule has 30 heavy (non-hydrogen) atoms. The Kier molecular flexibility index (Phi) is 5.57. The number of likely N-dealkylation sites (tertiary alicyclic amines) is 1. The summed E-state index contributed by atoms with van der Waals surface area (Å²) in [5.41, 5.74) is 2.93. The van der Waals surface area contributed by atoms with Crippen LogP contribution in [0.5, 0.6) is 0 Å². The highest BCUT2D eigenvalue weighted by Crippen LogP contribution is 2.52. The summed E-state index contributed by atoms with van der Waals surface area (Å²) >= 11 is 0. The smallest absolute Gasteiger partial charge is 0.225 e. The quantitative estimate of drug-likeness (QED) is 0.826. The van der Waals surface area contributed by atoms with Crippen molar-refractivity contribution in [3.63, 3.8) is 0 Å². The van der Waals surface area contributed by atoms with Crippen LogP contribution in [0, 0.1) is 5.92 Å². The Morgan fingerprint density at radius 2 is 1.80 bits per heavy atom. The van der Waals surface area contributed by atoms with Crippen LogP contribution in [-0.2, 0) is 19.7 Å². The molecule has 5 nitrogen and oxygen atoms in total. The minimum absolute atomic E-state index is 0.129. The van der Waals surface area contributed by atoms with Gasteiger partial charge in [-0.2, -0.15) is 0 Å². The van der Waals surface area contributed by atoms with Crippen molar-refractivity contribution in [3.05, 3.63) is 35.4 Å². The Morgan fingerprint density at radius 3 is 2.50 bits per heavy atom. The van der Waals surface area contributed by atoms with E-state index in [1.807, 2.05) is 0 Å². The normalized spacial score (nSPS) is 26.3. The summed E-state index contributed by atoms with van der Waals surface area (Å²) in [5, 5.41) is 3.22. The maximum atomic E-state index is 13.0. The highest BCUT2D eigenvalue weighted by molar-refractivity contribution is 5.79. The summed E-state index contributed by atoms with van der Waals surface area (Å²) < 4.78 is 5.43. The van der Waals surface area contributed by atoms with Gasteiger partial charge >= 0.3 is 0 Å². The first kappa shape index (κ1) is 20.0. The maximum Gasteiger partial charge on any atom is 0.225 e. The Balaban J connectivity index is 1.25. The topological polar surface area (TPSA) is 58.6 Å². The fraction of sp³-hybridized carbons (Fsp3) is 0.680. The minimum atomic E-state index is 0.129. The van der Waals surface area contributed by atoms with Gasteiger partial charge in [0.2, 0.25) is 11.8 Å². The van der Waals surface area contributed by atoms with Crippen molar-refractivity contribution in [1.29, 1.82) is 0 Å². The van der Waals surface area contributed by atoms with Gasteiger partial charge in [0.25, 0.3) is 0 Å². The van der Waals surface area contributed by atoms with Crippen molar-refractivity contribution in [1.82, 2.24) is 10.2 Å². The van der Waals surface area contributed by atoms with Gasteiger partial charge in [-0.15, -0.1) is 0 Å². The minimum Gasteiger partial charge on any atom is -0.381 e. The second-order valence-electron chi connectivity index (χ2n) is 9.88. The first-order valence-corrected chi connectivity index (χ1v) is 11.9. The van der Waals surface area contributed by atoms with E-state index in [0.29, 0.717) is 37.5 Å². The molecule has 5 heteroatoms. The Morgan fingerprint density at radius 1 is 1.07 bits per heavy atom. The molecule has 1 N–H and O–H groups in total. The molecule has 1 atom stereocenters. The van der Waals surface area contributed by atoms with Crippen molar-refractivity contribution >= 4 is 11.8 Å². The van der Waals surface area contributed by atoms with Crippen LogP contribution in [0.15, 0.2) is 24.3 Å². The number of amides is 2. The van der Waals surface area contributed by atoms with Crippen LogP contribution in [0.3, 0.4) is 0 Å². The van der Waals surface area contributed by atoms with E-state index in [1.165, 1.54) is 17.5 Å². The van der Waals surface area contributed by atoms with E-state index in [9.17, 15) is 9.59 Å². The number of carbonyl (C=O) groups is 2. The molecule has 0 bridgehead atoms. The third-order valence-corrected chi connectivity index (χ3v) is 8.11. The zero-order chi connectivity index (χ0) is 20.6. The van der Waals surface area contributed by atoms with Gasteiger partial charge in [-0.1, -0.05) is 24.3 Å². The fourth-order valence-electron chi connectivity index (χ4n) is 6.10. The molecule has 2 aliphatic carbocycles. The molecule has 1 spiro atoms. The Labute approximate surface area is 179 Å². The molecule has 2 amide bonds. The van der Waals surface area contributed by atoms with E-state index in [-0.39, 0.29) is 17.2 Å². The second kappa shape index (κ2) is 8.33. The van der Waals surface area contributed by atoms with Crippen LogP contribution < -0.4 is 5.32 Å². The number of fused-ring (bicyclic) bond motifs is 2. The number of carbonyl (C=O) groups excluding carboxylic acids is 2. The van der Waals surface area contributed by atoms with Gasteiger partial charge in [-0.05, 0) is 73.8 Å². The molecule has 1 aromatic rings. The van der Waals surface area contributed by atoms with E-state index in [0.717, 1.165) is 58.0 Å². The molecule has 4 aliphatic rings. The molecular weight excluding hydrogens is 376 g/mol. The Bertz CT molecular complexity index is 789. The summed E-state index contributed by atoms with van der Waals surface area (Å²) in [5.74, 6) is 0.991. The lowest BCUT2D eigenvalue weighted by molar-refractivity contribution is -0.140. The van der Waals surface area contributed by atoms with Gasteiger partial charge in [0, 0.05) is 44.7 Å². The lowest BCUT2D eigenvalue weighted by Gasteiger charge is -2.42. The highest BCUT2D eigenvalue weighted by atomic mass is 16.5. The second-order valence-corrected chi connectivity index (χ2v) is 9.88. The van der Waals surface area contributed by atoms with Crippen molar-refractivity contribution in [2.45, 2.75) is 75.2 Å². The number of hydrogen-bond acceptors (Lipinski definition) is 3. The number of hydrogen-bond donors (Lipinski definition) is 1. The number of benzene rings is 1. The summed E-state index contributed by atoms with van der Waals surface area (Å²) in [4.78, 5) is 27.7. The zero-order valence-electron chi connectivity index (χ0n) is 17.9. The average molecular weight is 411 g/mol. The number of ether oxygens (including phenoxy) is 1. The largest absolute Gasteiger partial charge is 0.381 e. The van der Waals surface area contributed by atoms with E-state index < -0.39 is 0 Å². The molecule has 1 aromatic carbocycles. The van der Waals surface area contributed by atoms with Gasteiger partial charge in [-0.25, -0.2) is 0 Å². The lowest BCUT2D eigenvalue weighted by atomic mass is 9.73. The van der Waals surface area contributed by atoms with E-state index >= 15 is 0 Å². The van der Waals surface area contributed by atoms with Crippen LogP contribution >= 0.6 is 0 Å². The van der Waals surface area contributed by atoms with Crippen molar-refractivity contribution < 1.29 is 14.3 Å². The van der Waals surface area contributed by atoms with Crippen LogP contribution in [0.4, 0.5) is 0 Å². The van der Waals surface area contributed by atoms with Gasteiger partial charge in [0.1, 0.15) is 0 Å². The molecule has 0 aromatic heterocycles. The molecule has 1 saturated carbocycles. The maximum absolute atomic E-state index is 13.0. The van der Waals surface area contributed by atoms with Crippen LogP contribution in [0.2, 0.25) is 0 Å². The molecule has 5 rings (SSSR count). The van der Waals surface area contributed by atoms with Crippen LogP contribution in [0.1, 0.15) is 74.8 Å². The number of piperidine rings is 1. The number of nitrogens with one attached hydrogen (secondary N) is 1. The first-order valence-electron chi connectivity index (χ1n) is 11.9. The van der Waals surface area contributed by atoms with Crippen LogP contribution in [0.25, 0.3) is 0 Å². The van der Waals surface area contributed by atoms with Crippen LogP contribution in [-0.4, -0.2) is 49.1 Å². The molecule has 2 aliphatic heterocycles. The number of rotatable bonds is 4. The average Bonchev–Trinajstić information content (AvgIpc) is 3.05. The standard InChI is InChI=1S/C25H34N2O3/c28-23(26-20-4-3-5-20)16-19-17-25(22-7-2-1-6-21(19)22)10-12-27(13-11-25)24(29)18-8-14-30-15-9-18/h1-2,6-7,18-20H,3-5,8-17H2,(H,26,28). The van der Waals surface area contributed by atoms with E-state index in [2.05, 4.69) is 34.5 Å². The molecule has 0 radical (unpaired) electrons. The SMILES string of the molecule is O=C(CC1CC2(CCN(C(=O)C3CCOCC3)CC2)c2ccccc21)NC1CCC1. The first-order chi connectivity index (χ1) is 14.6. The highest BCUT2D eigenvalue weighted by Gasteiger charge is 2.46. The number of nitrogens with zero attached hydrogens (tertiary/aromatic N) is 1. The van der Waals surface area contributed by atoms with E-state index in [1.54, 1.807) is 0 Å². The lowest BCUT2D eigenvalue weighted by Crippen LogP contribution is -2.47. The predicted octanol–water partition coefficient (Wildman–Crippen LogP) is 3.52. The summed E-state index contributed by atoms with van der Waals surface area (Å²) in [7, 11) is 0. The van der Waals surface area contributed by atoms with Gasteiger partial charge in [0.05, 0.1) is 0 Å². The molecule has 2 heterocycles.